The fourth-order valence-corrected chi connectivity index (χ4v) is 2.62. The van der Waals surface area contributed by atoms with E-state index in [-0.39, 0.29) is 11.2 Å². The molecular formula is C14H14FNO2. The van der Waals surface area contributed by atoms with Crippen LogP contribution in [0, 0.1) is 5.82 Å². The van der Waals surface area contributed by atoms with E-state index in [0.29, 0.717) is 10.9 Å². The normalized spacial score (nSPS) is 14.6. The van der Waals surface area contributed by atoms with Gasteiger partial charge in [-0.05, 0) is 31.7 Å². The largest absolute Gasteiger partial charge is 0.494 e. The van der Waals surface area contributed by atoms with Gasteiger partial charge in [0.05, 0.1) is 12.6 Å². The highest BCUT2D eigenvalue weighted by atomic mass is 19.1. The number of ether oxygens (including phenoxy) is 1. The minimum atomic E-state index is -0.448. The van der Waals surface area contributed by atoms with Gasteiger partial charge in [0.2, 0.25) is 0 Å². The number of pyridine rings is 1. The number of nitrogens with one attached hydrogen (secondary N) is 1. The van der Waals surface area contributed by atoms with Crippen LogP contribution in [0.4, 0.5) is 4.39 Å². The van der Waals surface area contributed by atoms with E-state index in [2.05, 4.69) is 4.98 Å². The van der Waals surface area contributed by atoms with Crippen LogP contribution in [0.25, 0.3) is 10.9 Å². The number of rotatable bonds is 1. The summed E-state index contributed by atoms with van der Waals surface area (Å²) in [5.74, 6) is -0.333. The Bertz CT molecular complexity index is 676. The predicted molar refractivity (Wildman–Crippen MR) is 67.7 cm³/mol. The smallest absolute Gasteiger partial charge is 0.192 e. The third-order valence-electron chi connectivity index (χ3n) is 3.56. The van der Waals surface area contributed by atoms with Crippen molar-refractivity contribution in [3.8, 4) is 5.75 Å². The summed E-state index contributed by atoms with van der Waals surface area (Å²) in [6.45, 7) is 0. The first-order chi connectivity index (χ1) is 8.70. The van der Waals surface area contributed by atoms with Gasteiger partial charge in [0.15, 0.2) is 17.0 Å². The van der Waals surface area contributed by atoms with Crippen LogP contribution < -0.4 is 10.2 Å². The molecule has 0 saturated heterocycles. The van der Waals surface area contributed by atoms with E-state index in [1.165, 1.54) is 19.2 Å². The number of methoxy groups -OCH3 is 1. The molecule has 94 valence electrons. The molecule has 1 aliphatic rings. The second-order valence-electron chi connectivity index (χ2n) is 4.65. The fraction of sp³-hybridized carbons (Fsp3) is 0.357. The lowest BCUT2D eigenvalue weighted by Crippen LogP contribution is -2.18. The monoisotopic (exact) mass is 247 g/mol. The van der Waals surface area contributed by atoms with Gasteiger partial charge in [0.1, 0.15) is 0 Å². The molecule has 1 aromatic heterocycles. The van der Waals surface area contributed by atoms with E-state index in [0.717, 1.165) is 36.9 Å². The zero-order valence-electron chi connectivity index (χ0n) is 10.2. The Hall–Kier alpha value is -1.84. The lowest BCUT2D eigenvalue weighted by molar-refractivity contribution is 0.387. The first-order valence-electron chi connectivity index (χ1n) is 6.12. The van der Waals surface area contributed by atoms with Crippen LogP contribution in [0.15, 0.2) is 16.9 Å². The molecule has 2 aromatic rings. The summed E-state index contributed by atoms with van der Waals surface area (Å²) in [4.78, 5) is 15.5. The van der Waals surface area contributed by atoms with Gasteiger partial charge >= 0.3 is 0 Å². The van der Waals surface area contributed by atoms with Gasteiger partial charge in [-0.1, -0.05) is 0 Å². The lowest BCUT2D eigenvalue weighted by Gasteiger charge is -2.16. The number of fused-ring (bicyclic) bond motifs is 2. The Morgan fingerprint density at radius 1 is 1.28 bits per heavy atom. The third kappa shape index (κ3) is 1.60. The molecule has 4 heteroatoms. The molecule has 0 amide bonds. The van der Waals surface area contributed by atoms with Gasteiger partial charge in [-0.15, -0.1) is 0 Å². The summed E-state index contributed by atoms with van der Waals surface area (Å²) in [6.07, 6.45) is 3.79. The van der Waals surface area contributed by atoms with Gasteiger partial charge in [-0.2, -0.15) is 0 Å². The lowest BCUT2D eigenvalue weighted by atomic mass is 9.94. The minimum absolute atomic E-state index is 0.0109. The molecule has 0 atom stereocenters. The number of hydrogen-bond donors (Lipinski definition) is 1. The summed E-state index contributed by atoms with van der Waals surface area (Å²) >= 11 is 0. The first-order valence-corrected chi connectivity index (χ1v) is 6.12. The van der Waals surface area contributed by atoms with E-state index in [4.69, 9.17) is 4.74 Å². The van der Waals surface area contributed by atoms with Gasteiger partial charge in [0.25, 0.3) is 0 Å². The van der Waals surface area contributed by atoms with Crippen LogP contribution in [0.2, 0.25) is 0 Å². The molecule has 0 radical (unpaired) electrons. The average molecular weight is 247 g/mol. The Morgan fingerprint density at radius 3 is 2.83 bits per heavy atom. The number of halogens is 1. The van der Waals surface area contributed by atoms with Crippen LogP contribution >= 0.6 is 0 Å². The molecule has 0 unspecified atom stereocenters. The predicted octanol–water partition coefficient (Wildman–Crippen LogP) is 2.55. The maximum atomic E-state index is 13.6. The Balaban J connectivity index is 2.35. The molecule has 0 fully saturated rings. The SMILES string of the molecule is COc1cc2c(=O)c3c([nH]c2cc1F)CCCC3. The molecule has 1 heterocycles. The van der Waals surface area contributed by atoms with Crippen molar-refractivity contribution in [3.05, 3.63) is 39.4 Å². The Kier molecular flexibility index (Phi) is 2.58. The van der Waals surface area contributed by atoms with Crippen molar-refractivity contribution in [3.63, 3.8) is 0 Å². The molecule has 1 aromatic carbocycles. The van der Waals surface area contributed by atoms with Crippen molar-refractivity contribution in [2.45, 2.75) is 25.7 Å². The standard InChI is InChI=1S/C14H14FNO2/c1-18-13-6-9-12(7-10(13)15)16-11-5-3-2-4-8(11)14(9)17/h6-7H,2-5H2,1H3,(H,16,17). The van der Waals surface area contributed by atoms with Crippen LogP contribution in [0.1, 0.15) is 24.1 Å². The summed E-state index contributed by atoms with van der Waals surface area (Å²) in [7, 11) is 1.40. The number of aryl methyl sites for hydroxylation is 1. The quantitative estimate of drug-likeness (QED) is 0.841. The van der Waals surface area contributed by atoms with E-state index < -0.39 is 5.82 Å². The molecule has 1 N–H and O–H groups in total. The Labute approximate surface area is 104 Å². The highest BCUT2D eigenvalue weighted by molar-refractivity contribution is 5.81. The topological polar surface area (TPSA) is 42.1 Å². The molecule has 0 aliphatic heterocycles. The number of H-pyrrole nitrogens is 1. The minimum Gasteiger partial charge on any atom is -0.494 e. The summed E-state index contributed by atoms with van der Waals surface area (Å²) in [5.41, 5.74) is 2.38. The van der Waals surface area contributed by atoms with Crippen LogP contribution in [0.3, 0.4) is 0 Å². The van der Waals surface area contributed by atoms with Crippen molar-refractivity contribution < 1.29 is 9.13 Å². The van der Waals surface area contributed by atoms with Crippen molar-refractivity contribution in [1.29, 1.82) is 0 Å². The highest BCUT2D eigenvalue weighted by Crippen LogP contribution is 2.25. The van der Waals surface area contributed by atoms with Crippen molar-refractivity contribution in [2.24, 2.45) is 0 Å². The van der Waals surface area contributed by atoms with Crippen molar-refractivity contribution >= 4 is 10.9 Å². The molecule has 3 nitrogen and oxygen atoms in total. The van der Waals surface area contributed by atoms with Crippen molar-refractivity contribution in [1.82, 2.24) is 4.98 Å². The molecule has 0 bridgehead atoms. The molecule has 0 spiro atoms. The van der Waals surface area contributed by atoms with Gasteiger partial charge in [0, 0.05) is 22.7 Å². The van der Waals surface area contributed by atoms with E-state index in [1.54, 1.807) is 0 Å². The number of benzene rings is 1. The zero-order chi connectivity index (χ0) is 12.7. The van der Waals surface area contributed by atoms with Crippen LogP contribution in [0.5, 0.6) is 5.75 Å². The van der Waals surface area contributed by atoms with E-state index in [9.17, 15) is 9.18 Å². The molecule has 1 aliphatic carbocycles. The van der Waals surface area contributed by atoms with Crippen molar-refractivity contribution in [2.75, 3.05) is 7.11 Å². The fourth-order valence-electron chi connectivity index (χ4n) is 2.62. The van der Waals surface area contributed by atoms with Gasteiger partial charge in [-0.3, -0.25) is 4.79 Å². The van der Waals surface area contributed by atoms with Gasteiger partial charge in [-0.25, -0.2) is 4.39 Å². The first kappa shape index (κ1) is 11.3. The number of aromatic nitrogens is 1. The zero-order valence-corrected chi connectivity index (χ0v) is 10.2. The summed E-state index contributed by atoms with van der Waals surface area (Å²) in [6, 6.07) is 2.82. The highest BCUT2D eigenvalue weighted by Gasteiger charge is 2.17. The van der Waals surface area contributed by atoms with Crippen LogP contribution in [-0.2, 0) is 12.8 Å². The third-order valence-corrected chi connectivity index (χ3v) is 3.56. The molecule has 0 saturated carbocycles. The summed E-state index contributed by atoms with van der Waals surface area (Å²) < 4.78 is 18.6. The molecular weight excluding hydrogens is 233 g/mol. The second kappa shape index (κ2) is 4.12. The van der Waals surface area contributed by atoms with Gasteiger partial charge < -0.3 is 9.72 Å². The van der Waals surface area contributed by atoms with E-state index in [1.807, 2.05) is 0 Å². The maximum Gasteiger partial charge on any atom is 0.192 e. The molecule has 3 rings (SSSR count). The maximum absolute atomic E-state index is 13.6. The average Bonchev–Trinajstić information content (AvgIpc) is 2.38. The summed E-state index contributed by atoms with van der Waals surface area (Å²) in [5, 5.41) is 0.508. The van der Waals surface area contributed by atoms with E-state index >= 15 is 0 Å². The second-order valence-corrected chi connectivity index (χ2v) is 4.65. The number of aromatic amines is 1. The Morgan fingerprint density at radius 2 is 2.06 bits per heavy atom. The number of hydrogen-bond acceptors (Lipinski definition) is 2. The van der Waals surface area contributed by atoms with Crippen LogP contribution in [-0.4, -0.2) is 12.1 Å². The molecule has 18 heavy (non-hydrogen) atoms.